The van der Waals surface area contributed by atoms with E-state index < -0.39 is 0 Å². The standard InChI is InChI=1S/C17H21N3O3S/c1-23-13-4-2-5-17(13)6-3-7-19(11-17)14(21)12-10-18-16-20(15(12)22)8-9-24-16/h8-10,13H,2-7,11H2,1H3/t13-,17+/m1/s1. The van der Waals surface area contributed by atoms with Crippen LogP contribution in [0.3, 0.4) is 0 Å². The van der Waals surface area contributed by atoms with Crippen LogP contribution in [0.15, 0.2) is 22.6 Å². The Balaban J connectivity index is 1.64. The lowest BCUT2D eigenvalue weighted by atomic mass is 9.76. The molecule has 0 unspecified atom stereocenters. The highest BCUT2D eigenvalue weighted by atomic mass is 32.1. The smallest absolute Gasteiger partial charge is 0.271 e. The molecular formula is C17H21N3O3S. The van der Waals surface area contributed by atoms with Crippen LogP contribution in [0.25, 0.3) is 4.96 Å². The fourth-order valence-electron chi connectivity index (χ4n) is 4.42. The molecule has 0 aromatic carbocycles. The van der Waals surface area contributed by atoms with E-state index in [1.54, 1.807) is 18.7 Å². The molecule has 2 fully saturated rings. The minimum absolute atomic E-state index is 0.0543. The van der Waals surface area contributed by atoms with Gasteiger partial charge in [-0.1, -0.05) is 6.42 Å². The van der Waals surface area contributed by atoms with Gasteiger partial charge < -0.3 is 9.64 Å². The minimum atomic E-state index is -0.277. The van der Waals surface area contributed by atoms with Crippen LogP contribution in [-0.4, -0.2) is 46.5 Å². The predicted molar refractivity (Wildman–Crippen MR) is 91.6 cm³/mol. The molecule has 0 N–H and O–H groups in total. The normalized spacial score (nSPS) is 27.2. The number of likely N-dealkylation sites (tertiary alicyclic amines) is 1. The Morgan fingerprint density at radius 1 is 1.42 bits per heavy atom. The third-order valence-electron chi connectivity index (χ3n) is 5.58. The van der Waals surface area contributed by atoms with Crippen molar-refractivity contribution in [2.24, 2.45) is 5.41 Å². The van der Waals surface area contributed by atoms with E-state index in [0.717, 1.165) is 32.1 Å². The summed E-state index contributed by atoms with van der Waals surface area (Å²) in [6.07, 6.45) is 8.66. The fourth-order valence-corrected chi connectivity index (χ4v) is 5.09. The van der Waals surface area contributed by atoms with Gasteiger partial charge in [0.2, 0.25) is 0 Å². The highest BCUT2D eigenvalue weighted by Gasteiger charge is 2.46. The number of ether oxygens (including phenoxy) is 1. The van der Waals surface area contributed by atoms with Crippen LogP contribution in [0.5, 0.6) is 0 Å². The number of methoxy groups -OCH3 is 1. The summed E-state index contributed by atoms with van der Waals surface area (Å²) in [5.74, 6) is -0.200. The maximum Gasteiger partial charge on any atom is 0.271 e. The maximum absolute atomic E-state index is 13.0. The van der Waals surface area contributed by atoms with Crippen molar-refractivity contribution in [3.63, 3.8) is 0 Å². The second-order valence-electron chi connectivity index (χ2n) is 6.84. The van der Waals surface area contributed by atoms with E-state index in [0.29, 0.717) is 18.1 Å². The zero-order valence-corrected chi connectivity index (χ0v) is 14.6. The molecule has 2 atom stereocenters. The second kappa shape index (κ2) is 5.97. The number of amides is 1. The van der Waals surface area contributed by atoms with Crippen LogP contribution in [0.4, 0.5) is 0 Å². The molecule has 2 aliphatic rings. The summed E-state index contributed by atoms with van der Waals surface area (Å²) in [6, 6.07) is 0. The Morgan fingerprint density at radius 2 is 2.25 bits per heavy atom. The quantitative estimate of drug-likeness (QED) is 0.835. The molecule has 6 nitrogen and oxygen atoms in total. The number of nitrogens with zero attached hydrogens (tertiary/aromatic N) is 3. The van der Waals surface area contributed by atoms with Gasteiger partial charge in [0, 0.05) is 43.4 Å². The van der Waals surface area contributed by atoms with E-state index in [2.05, 4.69) is 4.98 Å². The zero-order chi connectivity index (χ0) is 16.7. The van der Waals surface area contributed by atoms with Gasteiger partial charge in [-0.25, -0.2) is 4.98 Å². The largest absolute Gasteiger partial charge is 0.381 e. The SMILES string of the molecule is CO[C@@H]1CCC[C@@]12CCCN(C(=O)c1cnc3sccn3c1=O)C2. The third kappa shape index (κ3) is 2.38. The van der Waals surface area contributed by atoms with Crippen molar-refractivity contribution in [1.29, 1.82) is 0 Å². The van der Waals surface area contributed by atoms with E-state index in [1.165, 1.54) is 21.9 Å². The summed E-state index contributed by atoms with van der Waals surface area (Å²) < 4.78 is 7.14. The van der Waals surface area contributed by atoms with Crippen molar-refractivity contribution < 1.29 is 9.53 Å². The van der Waals surface area contributed by atoms with Crippen molar-refractivity contribution >= 4 is 22.2 Å². The number of carbonyl (C=O) groups is 1. The van der Waals surface area contributed by atoms with Crippen molar-refractivity contribution in [1.82, 2.24) is 14.3 Å². The molecule has 1 aliphatic carbocycles. The highest BCUT2D eigenvalue weighted by Crippen LogP contribution is 2.46. The number of aromatic nitrogens is 2. The van der Waals surface area contributed by atoms with E-state index in [-0.39, 0.29) is 28.5 Å². The number of fused-ring (bicyclic) bond motifs is 1. The first-order valence-electron chi connectivity index (χ1n) is 8.41. The van der Waals surface area contributed by atoms with Gasteiger partial charge in [-0.3, -0.25) is 14.0 Å². The topological polar surface area (TPSA) is 63.9 Å². The van der Waals surface area contributed by atoms with Crippen LogP contribution >= 0.6 is 11.3 Å². The number of hydrogen-bond donors (Lipinski definition) is 0. The number of piperidine rings is 1. The molecule has 1 aliphatic heterocycles. The van der Waals surface area contributed by atoms with E-state index >= 15 is 0 Å². The van der Waals surface area contributed by atoms with E-state index in [9.17, 15) is 9.59 Å². The van der Waals surface area contributed by atoms with Gasteiger partial charge in [0.15, 0.2) is 4.96 Å². The van der Waals surface area contributed by atoms with Gasteiger partial charge in [-0.05, 0) is 25.7 Å². The number of carbonyl (C=O) groups excluding carboxylic acids is 1. The lowest BCUT2D eigenvalue weighted by Crippen LogP contribution is -2.50. The van der Waals surface area contributed by atoms with Gasteiger partial charge in [-0.15, -0.1) is 11.3 Å². The maximum atomic E-state index is 13.0. The molecule has 1 amide bonds. The van der Waals surface area contributed by atoms with Gasteiger partial charge in [0.1, 0.15) is 5.56 Å². The molecule has 3 heterocycles. The molecule has 2 aromatic heterocycles. The Hall–Kier alpha value is -1.73. The molecule has 1 spiro atoms. The fraction of sp³-hybridized carbons (Fsp3) is 0.588. The predicted octanol–water partition coefficient (Wildman–Crippen LogP) is 2.18. The lowest BCUT2D eigenvalue weighted by molar-refractivity contribution is -0.0295. The molecular weight excluding hydrogens is 326 g/mol. The highest BCUT2D eigenvalue weighted by molar-refractivity contribution is 7.15. The first-order valence-corrected chi connectivity index (χ1v) is 9.29. The molecule has 4 rings (SSSR count). The summed E-state index contributed by atoms with van der Waals surface area (Å²) in [5, 5.41) is 1.80. The Labute approximate surface area is 144 Å². The minimum Gasteiger partial charge on any atom is -0.381 e. The third-order valence-corrected chi connectivity index (χ3v) is 6.35. The van der Waals surface area contributed by atoms with Crippen molar-refractivity contribution in [3.05, 3.63) is 33.7 Å². The Morgan fingerprint density at radius 3 is 3.08 bits per heavy atom. The van der Waals surface area contributed by atoms with Crippen LogP contribution in [-0.2, 0) is 4.74 Å². The van der Waals surface area contributed by atoms with Crippen LogP contribution in [0.1, 0.15) is 42.5 Å². The summed E-state index contributed by atoms with van der Waals surface area (Å²) in [7, 11) is 1.76. The number of thiazole rings is 1. The molecule has 1 saturated heterocycles. The first-order chi connectivity index (χ1) is 11.6. The average Bonchev–Trinajstić information content (AvgIpc) is 3.22. The molecule has 0 radical (unpaired) electrons. The zero-order valence-electron chi connectivity index (χ0n) is 13.7. The van der Waals surface area contributed by atoms with Gasteiger partial charge in [0.25, 0.3) is 11.5 Å². The molecule has 7 heteroatoms. The average molecular weight is 347 g/mol. The Bertz CT molecular complexity index is 830. The number of hydrogen-bond acceptors (Lipinski definition) is 5. The molecule has 128 valence electrons. The van der Waals surface area contributed by atoms with Crippen molar-refractivity contribution in [2.45, 2.75) is 38.2 Å². The Kier molecular flexibility index (Phi) is 3.92. The summed E-state index contributed by atoms with van der Waals surface area (Å²) in [6.45, 7) is 1.37. The van der Waals surface area contributed by atoms with Gasteiger partial charge in [-0.2, -0.15) is 0 Å². The van der Waals surface area contributed by atoms with Crippen molar-refractivity contribution in [3.8, 4) is 0 Å². The lowest BCUT2D eigenvalue weighted by Gasteiger charge is -2.43. The van der Waals surface area contributed by atoms with E-state index in [1.807, 2.05) is 4.90 Å². The second-order valence-corrected chi connectivity index (χ2v) is 7.71. The summed E-state index contributed by atoms with van der Waals surface area (Å²) >= 11 is 1.39. The van der Waals surface area contributed by atoms with Gasteiger partial charge >= 0.3 is 0 Å². The molecule has 24 heavy (non-hydrogen) atoms. The number of rotatable bonds is 2. The first kappa shape index (κ1) is 15.8. The van der Waals surface area contributed by atoms with Crippen molar-refractivity contribution in [2.75, 3.05) is 20.2 Å². The van der Waals surface area contributed by atoms with Crippen LogP contribution < -0.4 is 5.56 Å². The van der Waals surface area contributed by atoms with E-state index in [4.69, 9.17) is 4.74 Å². The van der Waals surface area contributed by atoms with Gasteiger partial charge in [0.05, 0.1) is 6.10 Å². The summed E-state index contributed by atoms with van der Waals surface area (Å²) in [5.41, 5.74) is -0.0610. The van der Waals surface area contributed by atoms with Crippen LogP contribution in [0.2, 0.25) is 0 Å². The molecule has 1 saturated carbocycles. The van der Waals surface area contributed by atoms with Crippen LogP contribution in [0, 0.1) is 5.41 Å². The molecule has 0 bridgehead atoms. The monoisotopic (exact) mass is 347 g/mol. The molecule has 2 aromatic rings. The summed E-state index contributed by atoms with van der Waals surface area (Å²) in [4.78, 5) is 32.2.